The van der Waals surface area contributed by atoms with Gasteiger partial charge in [-0.3, -0.25) is 0 Å². The molecule has 3 nitrogen and oxygen atoms in total. The predicted molar refractivity (Wildman–Crippen MR) is 47.3 cm³/mol. The standard InChI is InChI=1S/C7H10ClF3N2O/c8-3-1-2-4-12-6(14)13-5-7(9,10)11/h1-2H,3-5H2,(H2,12,13,14)/b2-1+. The molecule has 82 valence electrons. The number of hydrogen-bond donors (Lipinski definition) is 2. The van der Waals surface area contributed by atoms with E-state index in [0.29, 0.717) is 5.88 Å². The largest absolute Gasteiger partial charge is 0.405 e. The van der Waals surface area contributed by atoms with Crippen LogP contribution in [-0.4, -0.2) is 31.2 Å². The van der Waals surface area contributed by atoms with Gasteiger partial charge in [-0.25, -0.2) is 4.79 Å². The van der Waals surface area contributed by atoms with Gasteiger partial charge in [0.2, 0.25) is 0 Å². The van der Waals surface area contributed by atoms with Crippen molar-refractivity contribution in [2.75, 3.05) is 19.0 Å². The molecule has 7 heteroatoms. The molecule has 0 fully saturated rings. The topological polar surface area (TPSA) is 41.1 Å². The summed E-state index contributed by atoms with van der Waals surface area (Å²) in [6.07, 6.45) is -1.27. The molecule has 2 amide bonds. The van der Waals surface area contributed by atoms with Gasteiger partial charge in [-0.2, -0.15) is 13.2 Å². The molecule has 14 heavy (non-hydrogen) atoms. The Kier molecular flexibility index (Phi) is 6.11. The van der Waals surface area contributed by atoms with Crippen molar-refractivity contribution in [3.8, 4) is 0 Å². The molecule has 0 atom stereocenters. The molecule has 0 aliphatic rings. The fourth-order valence-corrected chi connectivity index (χ4v) is 0.667. The first-order chi connectivity index (χ1) is 6.45. The Morgan fingerprint density at radius 1 is 1.29 bits per heavy atom. The van der Waals surface area contributed by atoms with Gasteiger partial charge in [-0.1, -0.05) is 12.2 Å². The fourth-order valence-electron chi connectivity index (χ4n) is 0.541. The number of hydrogen-bond acceptors (Lipinski definition) is 1. The highest BCUT2D eigenvalue weighted by Gasteiger charge is 2.27. The van der Waals surface area contributed by atoms with Gasteiger partial charge in [0.25, 0.3) is 0 Å². The molecule has 0 saturated carbocycles. The van der Waals surface area contributed by atoms with Crippen LogP contribution in [0.25, 0.3) is 0 Å². The number of alkyl halides is 4. The number of allylic oxidation sites excluding steroid dienone is 1. The highest BCUT2D eigenvalue weighted by molar-refractivity contribution is 6.18. The second-order valence-corrected chi connectivity index (χ2v) is 2.61. The highest BCUT2D eigenvalue weighted by atomic mass is 35.5. The van der Waals surface area contributed by atoms with Gasteiger partial charge < -0.3 is 10.6 Å². The summed E-state index contributed by atoms with van der Waals surface area (Å²) in [5, 5.41) is 3.85. The van der Waals surface area contributed by atoms with E-state index in [4.69, 9.17) is 11.6 Å². The first kappa shape index (κ1) is 13.1. The molecule has 0 aliphatic carbocycles. The average molecular weight is 231 g/mol. The molecule has 0 unspecified atom stereocenters. The number of carbonyl (C=O) groups excluding carboxylic acids is 1. The van der Waals surface area contributed by atoms with Gasteiger partial charge in [-0.05, 0) is 0 Å². The summed E-state index contributed by atoms with van der Waals surface area (Å²) in [5.41, 5.74) is 0. The molecule has 0 aromatic heterocycles. The lowest BCUT2D eigenvalue weighted by molar-refractivity contribution is -0.122. The number of amides is 2. The smallest absolute Gasteiger partial charge is 0.335 e. The Labute approximate surface area is 84.3 Å². The molecular formula is C7H10ClF3N2O. The number of rotatable bonds is 4. The second kappa shape index (κ2) is 6.53. The average Bonchev–Trinajstić information content (AvgIpc) is 2.08. The summed E-state index contributed by atoms with van der Waals surface area (Å²) >= 11 is 5.27. The third kappa shape index (κ3) is 9.18. The minimum absolute atomic E-state index is 0.149. The van der Waals surface area contributed by atoms with Crippen LogP contribution in [0.3, 0.4) is 0 Å². The van der Waals surface area contributed by atoms with E-state index in [2.05, 4.69) is 5.32 Å². The first-order valence-electron chi connectivity index (χ1n) is 3.75. The molecule has 0 radical (unpaired) electrons. The van der Waals surface area contributed by atoms with Crippen molar-refractivity contribution in [3.63, 3.8) is 0 Å². The molecule has 0 bridgehead atoms. The normalized spacial score (nSPS) is 11.7. The van der Waals surface area contributed by atoms with Crippen molar-refractivity contribution in [2.24, 2.45) is 0 Å². The van der Waals surface area contributed by atoms with E-state index in [1.807, 2.05) is 0 Å². The van der Waals surface area contributed by atoms with Crippen LogP contribution in [0.2, 0.25) is 0 Å². The Morgan fingerprint density at radius 2 is 1.93 bits per heavy atom. The third-order valence-corrected chi connectivity index (χ3v) is 1.26. The van der Waals surface area contributed by atoms with Crippen LogP contribution in [-0.2, 0) is 0 Å². The lowest BCUT2D eigenvalue weighted by Crippen LogP contribution is -2.40. The van der Waals surface area contributed by atoms with Gasteiger partial charge >= 0.3 is 12.2 Å². The van der Waals surface area contributed by atoms with Gasteiger partial charge in [-0.15, -0.1) is 11.6 Å². The number of halogens is 4. The SMILES string of the molecule is O=C(NC/C=C/CCl)NCC(F)(F)F. The molecule has 0 aliphatic heterocycles. The van der Waals surface area contributed by atoms with Crippen LogP contribution in [0.15, 0.2) is 12.2 Å². The van der Waals surface area contributed by atoms with Crippen molar-refractivity contribution in [1.82, 2.24) is 10.6 Å². The quantitative estimate of drug-likeness (QED) is 0.560. The molecule has 0 aromatic carbocycles. The zero-order chi connectivity index (χ0) is 11.0. The maximum absolute atomic E-state index is 11.6. The van der Waals surface area contributed by atoms with Crippen LogP contribution >= 0.6 is 11.6 Å². The van der Waals surface area contributed by atoms with Crippen molar-refractivity contribution in [1.29, 1.82) is 0 Å². The van der Waals surface area contributed by atoms with Crippen LogP contribution in [0.1, 0.15) is 0 Å². The van der Waals surface area contributed by atoms with Crippen LogP contribution in [0.5, 0.6) is 0 Å². The minimum Gasteiger partial charge on any atom is -0.335 e. The lowest BCUT2D eigenvalue weighted by atomic mass is 10.5. The van der Waals surface area contributed by atoms with Gasteiger partial charge in [0.1, 0.15) is 6.54 Å². The van der Waals surface area contributed by atoms with Crippen LogP contribution < -0.4 is 10.6 Å². The lowest BCUT2D eigenvalue weighted by Gasteiger charge is -2.08. The number of nitrogens with one attached hydrogen (secondary N) is 2. The molecule has 0 heterocycles. The zero-order valence-corrected chi connectivity index (χ0v) is 7.95. The maximum atomic E-state index is 11.6. The zero-order valence-electron chi connectivity index (χ0n) is 7.20. The van der Waals surface area contributed by atoms with E-state index in [9.17, 15) is 18.0 Å². The summed E-state index contributed by atoms with van der Waals surface area (Å²) in [7, 11) is 0. The van der Waals surface area contributed by atoms with E-state index < -0.39 is 18.8 Å². The number of urea groups is 1. The van der Waals surface area contributed by atoms with Crippen LogP contribution in [0.4, 0.5) is 18.0 Å². The van der Waals surface area contributed by atoms with Gasteiger partial charge in [0, 0.05) is 12.4 Å². The first-order valence-corrected chi connectivity index (χ1v) is 4.28. The Balaban J connectivity index is 3.52. The molecule has 2 N–H and O–H groups in total. The van der Waals surface area contributed by atoms with Crippen molar-refractivity contribution in [2.45, 2.75) is 6.18 Å². The summed E-state index contributed by atoms with van der Waals surface area (Å²) in [5.74, 6) is 0.297. The van der Waals surface area contributed by atoms with Crippen LogP contribution in [0, 0.1) is 0 Å². The summed E-state index contributed by atoms with van der Waals surface area (Å²) < 4.78 is 34.8. The monoisotopic (exact) mass is 230 g/mol. The molecular weight excluding hydrogens is 221 g/mol. The fraction of sp³-hybridized carbons (Fsp3) is 0.571. The summed E-state index contributed by atoms with van der Waals surface area (Å²) in [4.78, 5) is 10.7. The van der Waals surface area contributed by atoms with E-state index in [-0.39, 0.29) is 6.54 Å². The molecule has 0 aromatic rings. The van der Waals surface area contributed by atoms with E-state index >= 15 is 0 Å². The van der Waals surface area contributed by atoms with Crippen molar-refractivity contribution in [3.05, 3.63) is 12.2 Å². The Hall–Kier alpha value is -0.910. The third-order valence-electron chi connectivity index (χ3n) is 1.09. The molecule has 0 rings (SSSR count). The van der Waals surface area contributed by atoms with Crippen molar-refractivity contribution >= 4 is 17.6 Å². The highest BCUT2D eigenvalue weighted by Crippen LogP contribution is 2.11. The summed E-state index contributed by atoms with van der Waals surface area (Å²) in [6, 6.07) is -0.860. The Morgan fingerprint density at radius 3 is 2.43 bits per heavy atom. The maximum Gasteiger partial charge on any atom is 0.405 e. The Bertz CT molecular complexity index is 206. The molecule has 0 saturated heterocycles. The van der Waals surface area contributed by atoms with E-state index in [1.165, 1.54) is 0 Å². The predicted octanol–water partition coefficient (Wildman–Crippen LogP) is 1.64. The van der Waals surface area contributed by atoms with E-state index in [1.54, 1.807) is 17.5 Å². The number of carbonyl (C=O) groups is 1. The molecule has 0 spiro atoms. The second-order valence-electron chi connectivity index (χ2n) is 2.30. The minimum atomic E-state index is -4.39. The van der Waals surface area contributed by atoms with Gasteiger partial charge in [0.05, 0.1) is 0 Å². The van der Waals surface area contributed by atoms with E-state index in [0.717, 1.165) is 0 Å². The van der Waals surface area contributed by atoms with Gasteiger partial charge in [0.15, 0.2) is 0 Å². The summed E-state index contributed by atoms with van der Waals surface area (Å²) in [6.45, 7) is -1.19. The van der Waals surface area contributed by atoms with Crippen molar-refractivity contribution < 1.29 is 18.0 Å².